The van der Waals surface area contributed by atoms with Gasteiger partial charge in [-0.3, -0.25) is 10.00 Å². The van der Waals surface area contributed by atoms with Crippen molar-refractivity contribution in [2.75, 3.05) is 31.1 Å². The number of nitrogens with zero attached hydrogens (tertiary/aromatic N) is 5. The fraction of sp³-hybridized carbons (Fsp3) is 0.273. The number of allylic oxidation sites excluding steroid dienone is 1. The van der Waals surface area contributed by atoms with Crippen LogP contribution in [-0.4, -0.2) is 51.1 Å². The van der Waals surface area contributed by atoms with Gasteiger partial charge in [-0.15, -0.1) is 5.10 Å². The number of halogens is 1. The molecule has 7 heteroatoms. The van der Waals surface area contributed by atoms with Gasteiger partial charge in [0.2, 0.25) is 0 Å². The maximum Gasteiger partial charge on any atom is 0.159 e. The molecule has 6 nitrogen and oxygen atoms in total. The van der Waals surface area contributed by atoms with E-state index in [0.29, 0.717) is 5.02 Å². The third kappa shape index (κ3) is 4.13. The first-order chi connectivity index (χ1) is 14.2. The van der Waals surface area contributed by atoms with Gasteiger partial charge in [-0.25, -0.2) is 4.68 Å². The van der Waals surface area contributed by atoms with E-state index >= 15 is 0 Å². The summed E-state index contributed by atoms with van der Waals surface area (Å²) in [6.07, 6.45) is 7.83. The molecule has 3 aromatic rings. The minimum atomic E-state index is 0.717. The van der Waals surface area contributed by atoms with Crippen LogP contribution in [0.2, 0.25) is 5.02 Å². The first kappa shape index (κ1) is 19.5. The second kappa shape index (κ2) is 8.68. The first-order valence-electron chi connectivity index (χ1n) is 9.79. The van der Waals surface area contributed by atoms with Gasteiger partial charge in [0.15, 0.2) is 5.82 Å². The second-order valence-electron chi connectivity index (χ2n) is 7.03. The molecular formula is C22H25ClN6. The minimum Gasteiger partial charge on any atom is -0.352 e. The Morgan fingerprint density at radius 2 is 1.90 bits per heavy atom. The van der Waals surface area contributed by atoms with Crippen LogP contribution in [0, 0.1) is 0 Å². The Hall–Kier alpha value is -2.83. The number of H-pyrrole nitrogens is 1. The van der Waals surface area contributed by atoms with Crippen LogP contribution < -0.4 is 15.5 Å². The number of benzene rings is 1. The molecule has 1 saturated heterocycles. The molecule has 0 saturated carbocycles. The molecule has 1 aliphatic heterocycles. The molecule has 1 N–H and O–H groups in total. The van der Waals surface area contributed by atoms with Crippen LogP contribution in [0.15, 0.2) is 49.2 Å². The van der Waals surface area contributed by atoms with Crippen LogP contribution in [0.1, 0.15) is 12.6 Å². The third-order valence-corrected chi connectivity index (χ3v) is 5.44. The highest BCUT2D eigenvalue weighted by Crippen LogP contribution is 2.14. The number of hydrogen-bond donors (Lipinski definition) is 1. The van der Waals surface area contributed by atoms with Crippen molar-refractivity contribution in [3.8, 4) is 5.69 Å². The first-order valence-corrected chi connectivity index (χ1v) is 10.2. The predicted octanol–water partition coefficient (Wildman–Crippen LogP) is 2.34. The number of aromatic amines is 1. The van der Waals surface area contributed by atoms with E-state index in [9.17, 15) is 0 Å². The summed E-state index contributed by atoms with van der Waals surface area (Å²) in [4.78, 5) is 4.78. The van der Waals surface area contributed by atoms with Gasteiger partial charge in [-0.2, -0.15) is 5.10 Å². The fourth-order valence-electron chi connectivity index (χ4n) is 3.73. The van der Waals surface area contributed by atoms with Gasteiger partial charge in [-0.05, 0) is 43.3 Å². The molecule has 0 atom stereocenters. The molecule has 0 radical (unpaired) electrons. The van der Waals surface area contributed by atoms with Gasteiger partial charge in [0, 0.05) is 49.2 Å². The fourth-order valence-corrected chi connectivity index (χ4v) is 3.85. The zero-order valence-electron chi connectivity index (χ0n) is 16.6. The van der Waals surface area contributed by atoms with Gasteiger partial charge >= 0.3 is 0 Å². The van der Waals surface area contributed by atoms with Crippen LogP contribution in [0.3, 0.4) is 0 Å². The van der Waals surface area contributed by atoms with E-state index in [1.165, 1.54) is 0 Å². The lowest BCUT2D eigenvalue weighted by atomic mass is 10.2. The zero-order chi connectivity index (χ0) is 20.2. The molecule has 3 heterocycles. The Labute approximate surface area is 175 Å². The van der Waals surface area contributed by atoms with Crippen molar-refractivity contribution >= 4 is 29.6 Å². The van der Waals surface area contributed by atoms with E-state index in [2.05, 4.69) is 32.7 Å². The molecule has 150 valence electrons. The van der Waals surface area contributed by atoms with Crippen LogP contribution >= 0.6 is 11.6 Å². The molecule has 1 aromatic carbocycles. The number of rotatable bonds is 5. The van der Waals surface area contributed by atoms with E-state index in [1.54, 1.807) is 0 Å². The lowest BCUT2D eigenvalue weighted by Gasteiger charge is -2.34. The molecular weight excluding hydrogens is 384 g/mol. The van der Waals surface area contributed by atoms with Crippen molar-refractivity contribution in [3.63, 3.8) is 0 Å². The lowest BCUT2D eigenvalue weighted by Crippen LogP contribution is -2.47. The predicted molar refractivity (Wildman–Crippen MR) is 119 cm³/mol. The average molecular weight is 409 g/mol. The largest absolute Gasteiger partial charge is 0.352 e. The number of aromatic nitrogens is 4. The van der Waals surface area contributed by atoms with E-state index in [1.807, 2.05) is 60.3 Å². The molecule has 0 unspecified atom stereocenters. The summed E-state index contributed by atoms with van der Waals surface area (Å²) in [6.45, 7) is 10.6. The van der Waals surface area contributed by atoms with Crippen LogP contribution in [0.4, 0.5) is 5.82 Å². The number of anilines is 1. The van der Waals surface area contributed by atoms with Crippen molar-refractivity contribution in [1.82, 2.24) is 24.9 Å². The van der Waals surface area contributed by atoms with Crippen molar-refractivity contribution < 1.29 is 0 Å². The van der Waals surface area contributed by atoms with E-state index < -0.39 is 0 Å². The maximum atomic E-state index is 6.07. The minimum absolute atomic E-state index is 0.717. The molecule has 0 bridgehead atoms. The van der Waals surface area contributed by atoms with E-state index in [-0.39, 0.29) is 0 Å². The van der Waals surface area contributed by atoms with Gasteiger partial charge < -0.3 is 4.90 Å². The molecule has 4 rings (SSSR count). The van der Waals surface area contributed by atoms with Gasteiger partial charge in [0.1, 0.15) is 0 Å². The van der Waals surface area contributed by atoms with Gasteiger partial charge in [0.25, 0.3) is 0 Å². The Morgan fingerprint density at radius 1 is 1.14 bits per heavy atom. The highest BCUT2D eigenvalue weighted by molar-refractivity contribution is 6.30. The summed E-state index contributed by atoms with van der Waals surface area (Å²) in [5.74, 6) is 0.993. The quantitative estimate of drug-likeness (QED) is 0.704. The SMILES string of the molecule is C=C/C=c1/c(N2CCN(Cc3cc[nH]n3)CC2)nn(-c2ccc(Cl)cc2)/c1=C/C. The standard InChI is InChI=1S/C22H25ClN6/c1-3-5-20-21(4-2)29(19-8-6-17(23)7-9-19)26-22(20)28-14-12-27(13-15-28)16-18-10-11-24-25-18/h3-11H,1,12-16H2,2H3,(H,24,25)/b20-5+,21-4+. The second-order valence-corrected chi connectivity index (χ2v) is 7.47. The lowest BCUT2D eigenvalue weighted by molar-refractivity contribution is 0.246. The Morgan fingerprint density at radius 3 is 2.52 bits per heavy atom. The van der Waals surface area contributed by atoms with Gasteiger partial charge in [-0.1, -0.05) is 30.3 Å². The van der Waals surface area contributed by atoms with Crippen molar-refractivity contribution in [1.29, 1.82) is 0 Å². The van der Waals surface area contributed by atoms with Crippen molar-refractivity contribution in [2.24, 2.45) is 0 Å². The normalized spacial score (nSPS) is 16.6. The third-order valence-electron chi connectivity index (χ3n) is 5.18. The average Bonchev–Trinajstić information content (AvgIpc) is 3.37. The maximum absolute atomic E-state index is 6.07. The monoisotopic (exact) mass is 408 g/mol. The topological polar surface area (TPSA) is 53.0 Å². The summed E-state index contributed by atoms with van der Waals surface area (Å²) in [7, 11) is 0. The van der Waals surface area contributed by atoms with E-state index in [4.69, 9.17) is 16.7 Å². The zero-order valence-corrected chi connectivity index (χ0v) is 17.3. The smallest absolute Gasteiger partial charge is 0.159 e. The highest BCUT2D eigenvalue weighted by Gasteiger charge is 2.21. The molecule has 29 heavy (non-hydrogen) atoms. The Bertz CT molecular complexity index is 1070. The Kier molecular flexibility index (Phi) is 5.83. The molecule has 0 aliphatic carbocycles. The van der Waals surface area contributed by atoms with Crippen LogP contribution in [-0.2, 0) is 6.54 Å². The van der Waals surface area contributed by atoms with Crippen molar-refractivity contribution in [3.05, 3.63) is 70.5 Å². The summed E-state index contributed by atoms with van der Waals surface area (Å²) in [6, 6.07) is 9.79. The number of nitrogens with one attached hydrogen (secondary N) is 1. The molecule has 0 spiro atoms. The summed E-state index contributed by atoms with van der Waals surface area (Å²) in [5, 5.41) is 15.0. The molecule has 0 amide bonds. The van der Waals surface area contributed by atoms with Gasteiger partial charge in [0.05, 0.1) is 16.7 Å². The summed E-state index contributed by atoms with van der Waals surface area (Å²) < 4.78 is 1.98. The molecule has 1 fully saturated rings. The summed E-state index contributed by atoms with van der Waals surface area (Å²) >= 11 is 6.07. The molecule has 1 aliphatic rings. The molecule has 2 aromatic heterocycles. The number of hydrogen-bond acceptors (Lipinski definition) is 4. The van der Waals surface area contributed by atoms with Crippen LogP contribution in [0.5, 0.6) is 0 Å². The van der Waals surface area contributed by atoms with Crippen molar-refractivity contribution in [2.45, 2.75) is 13.5 Å². The van der Waals surface area contributed by atoms with E-state index in [0.717, 1.165) is 60.5 Å². The summed E-state index contributed by atoms with van der Waals surface area (Å²) in [5.41, 5.74) is 2.07. The number of piperazine rings is 1. The van der Waals surface area contributed by atoms with Crippen LogP contribution in [0.25, 0.3) is 17.8 Å². The Balaban J connectivity index is 1.63. The highest BCUT2D eigenvalue weighted by atomic mass is 35.5.